The Bertz CT molecular complexity index is 479. The molecule has 19 heavy (non-hydrogen) atoms. The van der Waals surface area contributed by atoms with Gasteiger partial charge in [0, 0.05) is 23.6 Å². The van der Waals surface area contributed by atoms with Crippen molar-refractivity contribution >= 4 is 0 Å². The van der Waals surface area contributed by atoms with Crippen LogP contribution in [0.25, 0.3) is 0 Å². The minimum atomic E-state index is -2.92. The summed E-state index contributed by atoms with van der Waals surface area (Å²) in [6.45, 7) is 0.868. The van der Waals surface area contributed by atoms with Crippen LogP contribution in [0.5, 0.6) is 11.5 Å². The standard InChI is InChI=1S/C14H19F2NO2/c1-13(15,16)10-6-9(8-14(17)4-5-14)12(19-3)11(7-10)18-2/h6-7H,4-5,8,17H2,1-3H3. The highest BCUT2D eigenvalue weighted by molar-refractivity contribution is 5.51. The Hall–Kier alpha value is -1.36. The van der Waals surface area contributed by atoms with Crippen LogP contribution in [-0.2, 0) is 12.3 Å². The van der Waals surface area contributed by atoms with Gasteiger partial charge in [0.25, 0.3) is 5.92 Å². The van der Waals surface area contributed by atoms with Gasteiger partial charge in [-0.15, -0.1) is 0 Å². The number of benzene rings is 1. The third-order valence-corrected chi connectivity index (χ3v) is 3.50. The Morgan fingerprint density at radius 3 is 2.32 bits per heavy atom. The maximum Gasteiger partial charge on any atom is 0.270 e. The maximum absolute atomic E-state index is 13.5. The van der Waals surface area contributed by atoms with E-state index in [1.807, 2.05) is 0 Å². The first kappa shape index (κ1) is 14.1. The normalized spacial score (nSPS) is 17.2. The van der Waals surface area contributed by atoms with Crippen molar-refractivity contribution in [2.45, 2.75) is 37.6 Å². The molecule has 2 rings (SSSR count). The molecular formula is C14H19F2NO2. The van der Waals surface area contributed by atoms with Crippen molar-refractivity contribution in [3.8, 4) is 11.5 Å². The topological polar surface area (TPSA) is 44.5 Å². The Balaban J connectivity index is 2.48. The molecule has 1 aromatic rings. The first-order valence-corrected chi connectivity index (χ1v) is 6.21. The van der Waals surface area contributed by atoms with E-state index in [1.54, 1.807) is 0 Å². The quantitative estimate of drug-likeness (QED) is 0.895. The highest BCUT2D eigenvalue weighted by Crippen LogP contribution is 2.43. The zero-order chi connectivity index (χ0) is 14.3. The van der Waals surface area contributed by atoms with Gasteiger partial charge in [-0.25, -0.2) is 8.78 Å². The molecule has 0 aromatic heterocycles. The van der Waals surface area contributed by atoms with E-state index in [2.05, 4.69) is 0 Å². The van der Waals surface area contributed by atoms with Crippen LogP contribution < -0.4 is 15.2 Å². The van der Waals surface area contributed by atoms with Crippen LogP contribution >= 0.6 is 0 Å². The van der Waals surface area contributed by atoms with Crippen LogP contribution in [-0.4, -0.2) is 19.8 Å². The minimum Gasteiger partial charge on any atom is -0.493 e. The summed E-state index contributed by atoms with van der Waals surface area (Å²) in [7, 11) is 2.94. The average Bonchev–Trinajstić information content (AvgIpc) is 3.04. The van der Waals surface area contributed by atoms with E-state index >= 15 is 0 Å². The van der Waals surface area contributed by atoms with Crippen LogP contribution in [0.4, 0.5) is 8.78 Å². The fourth-order valence-electron chi connectivity index (χ4n) is 2.14. The monoisotopic (exact) mass is 271 g/mol. The summed E-state index contributed by atoms with van der Waals surface area (Å²) in [5.74, 6) is -2.10. The van der Waals surface area contributed by atoms with Gasteiger partial charge in [0.2, 0.25) is 0 Å². The summed E-state index contributed by atoms with van der Waals surface area (Å²) in [6, 6.07) is 2.78. The van der Waals surface area contributed by atoms with E-state index in [-0.39, 0.29) is 11.1 Å². The minimum absolute atomic E-state index is 0.0793. The summed E-state index contributed by atoms with van der Waals surface area (Å²) in [4.78, 5) is 0. The lowest BCUT2D eigenvalue weighted by atomic mass is 9.98. The molecule has 0 aliphatic heterocycles. The van der Waals surface area contributed by atoms with Gasteiger partial charge in [-0.3, -0.25) is 0 Å². The van der Waals surface area contributed by atoms with Gasteiger partial charge < -0.3 is 15.2 Å². The molecule has 0 saturated heterocycles. The predicted molar refractivity (Wildman–Crippen MR) is 69.0 cm³/mol. The number of hydrogen-bond donors (Lipinski definition) is 1. The number of alkyl halides is 2. The van der Waals surface area contributed by atoms with Crippen LogP contribution in [0.15, 0.2) is 12.1 Å². The van der Waals surface area contributed by atoms with Crippen molar-refractivity contribution in [3.63, 3.8) is 0 Å². The molecule has 0 amide bonds. The van der Waals surface area contributed by atoms with Crippen molar-refractivity contribution in [2.75, 3.05) is 14.2 Å². The fraction of sp³-hybridized carbons (Fsp3) is 0.571. The number of hydrogen-bond acceptors (Lipinski definition) is 3. The first-order valence-electron chi connectivity index (χ1n) is 6.21. The molecule has 1 aliphatic rings. The second-order valence-electron chi connectivity index (χ2n) is 5.30. The van der Waals surface area contributed by atoms with Crippen LogP contribution in [0.1, 0.15) is 30.9 Å². The SMILES string of the molecule is COc1cc(C(C)(F)F)cc(CC2(N)CC2)c1OC. The molecule has 0 heterocycles. The third kappa shape index (κ3) is 2.97. The predicted octanol–water partition coefficient (Wildman–Crippen LogP) is 2.85. The van der Waals surface area contributed by atoms with E-state index in [0.29, 0.717) is 23.5 Å². The van der Waals surface area contributed by atoms with Crippen molar-refractivity contribution in [1.29, 1.82) is 0 Å². The second-order valence-corrected chi connectivity index (χ2v) is 5.30. The highest BCUT2D eigenvalue weighted by Gasteiger charge is 2.39. The molecule has 0 atom stereocenters. The number of nitrogens with two attached hydrogens (primary N) is 1. The smallest absolute Gasteiger partial charge is 0.270 e. The lowest BCUT2D eigenvalue weighted by Crippen LogP contribution is -2.25. The lowest BCUT2D eigenvalue weighted by Gasteiger charge is -2.19. The van der Waals surface area contributed by atoms with E-state index in [4.69, 9.17) is 15.2 Å². The molecule has 5 heteroatoms. The summed E-state index contributed by atoms with van der Waals surface area (Å²) in [5, 5.41) is 0. The molecule has 0 spiro atoms. The van der Waals surface area contributed by atoms with Crippen molar-refractivity contribution < 1.29 is 18.3 Å². The zero-order valence-electron chi connectivity index (χ0n) is 11.4. The Morgan fingerprint density at radius 2 is 1.89 bits per heavy atom. The largest absolute Gasteiger partial charge is 0.493 e. The molecule has 2 N–H and O–H groups in total. The molecule has 1 aliphatic carbocycles. The molecule has 1 saturated carbocycles. The molecule has 0 bridgehead atoms. The Labute approximate surface area is 111 Å². The van der Waals surface area contributed by atoms with Gasteiger partial charge in [-0.2, -0.15) is 0 Å². The summed E-state index contributed by atoms with van der Waals surface area (Å²) in [5.41, 5.74) is 6.39. The summed E-state index contributed by atoms with van der Waals surface area (Å²) in [6.07, 6.45) is 2.34. The van der Waals surface area contributed by atoms with E-state index in [9.17, 15) is 8.78 Å². The van der Waals surface area contributed by atoms with Crippen LogP contribution in [0.3, 0.4) is 0 Å². The van der Waals surface area contributed by atoms with Gasteiger partial charge in [0.05, 0.1) is 14.2 Å². The maximum atomic E-state index is 13.5. The fourth-order valence-corrected chi connectivity index (χ4v) is 2.14. The van der Waals surface area contributed by atoms with E-state index in [1.165, 1.54) is 26.4 Å². The number of ether oxygens (including phenoxy) is 2. The third-order valence-electron chi connectivity index (χ3n) is 3.50. The Kier molecular flexibility index (Phi) is 3.43. The second kappa shape index (κ2) is 4.63. The summed E-state index contributed by atoms with van der Waals surface area (Å²) >= 11 is 0. The van der Waals surface area contributed by atoms with E-state index < -0.39 is 5.92 Å². The van der Waals surface area contributed by atoms with E-state index in [0.717, 1.165) is 19.8 Å². The molecule has 0 unspecified atom stereocenters. The van der Waals surface area contributed by atoms with Crippen molar-refractivity contribution in [1.82, 2.24) is 0 Å². The van der Waals surface area contributed by atoms with Gasteiger partial charge in [-0.05, 0) is 31.4 Å². The number of halogens is 2. The molecular weight excluding hydrogens is 252 g/mol. The number of rotatable bonds is 5. The molecule has 0 radical (unpaired) electrons. The molecule has 106 valence electrons. The summed E-state index contributed by atoms with van der Waals surface area (Å²) < 4.78 is 37.4. The van der Waals surface area contributed by atoms with Gasteiger partial charge >= 0.3 is 0 Å². The van der Waals surface area contributed by atoms with Crippen LogP contribution in [0.2, 0.25) is 0 Å². The van der Waals surface area contributed by atoms with Gasteiger partial charge in [-0.1, -0.05) is 0 Å². The first-order chi connectivity index (χ1) is 8.79. The molecule has 1 fully saturated rings. The highest BCUT2D eigenvalue weighted by atomic mass is 19.3. The van der Waals surface area contributed by atoms with Gasteiger partial charge in [0.1, 0.15) is 0 Å². The van der Waals surface area contributed by atoms with Crippen molar-refractivity contribution in [2.24, 2.45) is 5.73 Å². The van der Waals surface area contributed by atoms with Gasteiger partial charge in [0.15, 0.2) is 11.5 Å². The average molecular weight is 271 g/mol. The van der Waals surface area contributed by atoms with Crippen LogP contribution in [0, 0.1) is 0 Å². The van der Waals surface area contributed by atoms with Crippen molar-refractivity contribution in [3.05, 3.63) is 23.3 Å². The molecule has 1 aromatic carbocycles. The molecule has 3 nitrogen and oxygen atoms in total. The number of methoxy groups -OCH3 is 2. The Morgan fingerprint density at radius 1 is 1.26 bits per heavy atom. The zero-order valence-corrected chi connectivity index (χ0v) is 11.4. The lowest BCUT2D eigenvalue weighted by molar-refractivity contribution is 0.0171.